The standard InChI is InChI=1S/C20H28ClN3O4S/c21-17-9-8-15(20(26)23-16-7-5-6-14(12-16)19(22)25)13-18(17)29(27,28)24-10-3-1-2-4-11-24/h8-9,13-14,16H,1-7,10-12H2,(H2,22,25)(H,23,26)/t14-,16-/m0/s1. The number of halogens is 1. The van der Waals surface area contributed by atoms with E-state index in [1.165, 1.54) is 22.5 Å². The fourth-order valence-electron chi connectivity index (χ4n) is 4.11. The summed E-state index contributed by atoms with van der Waals surface area (Å²) in [6.07, 6.45) is 6.48. The summed E-state index contributed by atoms with van der Waals surface area (Å²) in [5, 5.41) is 3.02. The molecule has 2 amide bonds. The summed E-state index contributed by atoms with van der Waals surface area (Å²) >= 11 is 6.20. The van der Waals surface area contributed by atoms with E-state index in [0.29, 0.717) is 19.5 Å². The first-order valence-electron chi connectivity index (χ1n) is 10.2. The van der Waals surface area contributed by atoms with Crippen molar-refractivity contribution in [1.82, 2.24) is 9.62 Å². The van der Waals surface area contributed by atoms with Crippen molar-refractivity contribution in [2.45, 2.75) is 62.3 Å². The molecule has 0 aromatic heterocycles. The number of hydrogen-bond acceptors (Lipinski definition) is 4. The highest BCUT2D eigenvalue weighted by molar-refractivity contribution is 7.89. The Hall–Kier alpha value is -1.64. The third-order valence-corrected chi connectivity index (χ3v) is 8.17. The number of hydrogen-bond donors (Lipinski definition) is 2. The quantitative estimate of drug-likeness (QED) is 0.731. The van der Waals surface area contributed by atoms with E-state index in [9.17, 15) is 18.0 Å². The van der Waals surface area contributed by atoms with Crippen LogP contribution < -0.4 is 11.1 Å². The summed E-state index contributed by atoms with van der Waals surface area (Å²) in [4.78, 5) is 24.1. The van der Waals surface area contributed by atoms with Gasteiger partial charge in [0.15, 0.2) is 0 Å². The maximum atomic E-state index is 13.1. The molecule has 1 saturated heterocycles. The largest absolute Gasteiger partial charge is 0.369 e. The van der Waals surface area contributed by atoms with Gasteiger partial charge in [-0.15, -0.1) is 0 Å². The molecule has 1 aliphatic carbocycles. The lowest BCUT2D eigenvalue weighted by atomic mass is 9.85. The number of carbonyl (C=O) groups excluding carboxylic acids is 2. The van der Waals surface area contributed by atoms with E-state index in [-0.39, 0.29) is 39.3 Å². The first kappa shape index (κ1) is 22.1. The second kappa shape index (κ2) is 9.45. The van der Waals surface area contributed by atoms with Crippen molar-refractivity contribution in [3.05, 3.63) is 28.8 Å². The van der Waals surface area contributed by atoms with E-state index >= 15 is 0 Å². The molecular weight excluding hydrogens is 414 g/mol. The van der Waals surface area contributed by atoms with Crippen LogP contribution >= 0.6 is 11.6 Å². The molecule has 0 spiro atoms. The molecule has 1 aromatic carbocycles. The second-order valence-corrected chi connectivity index (χ2v) is 10.2. The van der Waals surface area contributed by atoms with Crippen LogP contribution in [0.15, 0.2) is 23.1 Å². The minimum atomic E-state index is -3.76. The lowest BCUT2D eigenvalue weighted by Crippen LogP contribution is -2.41. The number of nitrogens with two attached hydrogens (primary N) is 1. The number of rotatable bonds is 5. The molecule has 0 unspecified atom stereocenters. The van der Waals surface area contributed by atoms with Gasteiger partial charge in [-0.25, -0.2) is 8.42 Å². The fourth-order valence-corrected chi connectivity index (χ4v) is 6.13. The Morgan fingerprint density at radius 2 is 1.76 bits per heavy atom. The van der Waals surface area contributed by atoms with Gasteiger partial charge in [0, 0.05) is 30.6 Å². The van der Waals surface area contributed by atoms with E-state index in [1.54, 1.807) is 0 Å². The molecule has 1 aliphatic heterocycles. The molecule has 2 fully saturated rings. The molecule has 9 heteroatoms. The van der Waals surface area contributed by atoms with Crippen LogP contribution in [0.3, 0.4) is 0 Å². The van der Waals surface area contributed by atoms with Crippen molar-refractivity contribution >= 4 is 33.4 Å². The first-order chi connectivity index (χ1) is 13.8. The Morgan fingerprint density at radius 3 is 2.41 bits per heavy atom. The fraction of sp³-hybridized carbons (Fsp3) is 0.600. The molecule has 1 saturated carbocycles. The summed E-state index contributed by atoms with van der Waals surface area (Å²) in [6, 6.07) is 4.17. The smallest absolute Gasteiger partial charge is 0.251 e. The summed E-state index contributed by atoms with van der Waals surface area (Å²) in [6.45, 7) is 0.928. The van der Waals surface area contributed by atoms with E-state index in [0.717, 1.165) is 44.9 Å². The molecule has 7 nitrogen and oxygen atoms in total. The van der Waals surface area contributed by atoms with E-state index in [1.807, 2.05) is 0 Å². The van der Waals surface area contributed by atoms with Crippen LogP contribution in [0.2, 0.25) is 5.02 Å². The molecule has 0 bridgehead atoms. The van der Waals surface area contributed by atoms with E-state index in [4.69, 9.17) is 17.3 Å². The van der Waals surface area contributed by atoms with Crippen molar-refractivity contribution in [2.24, 2.45) is 11.7 Å². The molecule has 29 heavy (non-hydrogen) atoms. The summed E-state index contributed by atoms with van der Waals surface area (Å²) in [5.74, 6) is -0.955. The summed E-state index contributed by atoms with van der Waals surface area (Å²) in [7, 11) is -3.76. The zero-order valence-electron chi connectivity index (χ0n) is 16.4. The molecule has 3 rings (SSSR count). The van der Waals surface area contributed by atoms with Gasteiger partial charge in [0.1, 0.15) is 4.90 Å². The van der Waals surface area contributed by atoms with Crippen LogP contribution in [0.1, 0.15) is 61.7 Å². The molecule has 1 heterocycles. The zero-order chi connectivity index (χ0) is 21.0. The first-order valence-corrected chi connectivity index (χ1v) is 12.0. The molecule has 160 valence electrons. The minimum Gasteiger partial charge on any atom is -0.369 e. The van der Waals surface area contributed by atoms with Crippen LogP contribution in [0.4, 0.5) is 0 Å². The Balaban J connectivity index is 1.77. The van der Waals surface area contributed by atoms with E-state index in [2.05, 4.69) is 5.32 Å². The second-order valence-electron chi connectivity index (χ2n) is 7.90. The number of carbonyl (C=O) groups is 2. The van der Waals surface area contributed by atoms with Gasteiger partial charge in [-0.3, -0.25) is 9.59 Å². The number of nitrogens with zero attached hydrogens (tertiary/aromatic N) is 1. The SMILES string of the molecule is NC(=O)[C@H]1CCC[C@H](NC(=O)c2ccc(Cl)c(S(=O)(=O)N3CCCCCC3)c2)C1. The number of benzene rings is 1. The predicted octanol–water partition coefficient (Wildman–Crippen LogP) is 2.68. The average Bonchev–Trinajstić information content (AvgIpc) is 2.98. The number of nitrogens with one attached hydrogen (secondary N) is 1. The van der Waals surface area contributed by atoms with Gasteiger partial charge in [0.2, 0.25) is 15.9 Å². The molecular formula is C20H28ClN3O4S. The van der Waals surface area contributed by atoms with Crippen molar-refractivity contribution in [3.63, 3.8) is 0 Å². The van der Waals surface area contributed by atoms with E-state index < -0.39 is 10.0 Å². The highest BCUT2D eigenvalue weighted by atomic mass is 35.5. The number of amides is 2. The lowest BCUT2D eigenvalue weighted by molar-refractivity contribution is -0.122. The maximum absolute atomic E-state index is 13.1. The van der Waals surface area contributed by atoms with Gasteiger partial charge >= 0.3 is 0 Å². The van der Waals surface area contributed by atoms with Crippen molar-refractivity contribution in [2.75, 3.05) is 13.1 Å². The summed E-state index contributed by atoms with van der Waals surface area (Å²) in [5.41, 5.74) is 5.64. The van der Waals surface area contributed by atoms with Crippen LogP contribution in [0.5, 0.6) is 0 Å². The van der Waals surface area contributed by atoms with Gasteiger partial charge in [-0.1, -0.05) is 30.9 Å². The third-order valence-electron chi connectivity index (χ3n) is 5.79. The van der Waals surface area contributed by atoms with Gasteiger partial charge in [-0.05, 0) is 50.3 Å². The highest BCUT2D eigenvalue weighted by Gasteiger charge is 2.30. The maximum Gasteiger partial charge on any atom is 0.251 e. The Bertz CT molecular complexity index is 866. The van der Waals surface area contributed by atoms with Gasteiger partial charge in [0.25, 0.3) is 5.91 Å². The third kappa shape index (κ3) is 5.29. The normalized spacial score (nSPS) is 23.9. The topological polar surface area (TPSA) is 110 Å². The zero-order valence-corrected chi connectivity index (χ0v) is 18.0. The van der Waals surface area contributed by atoms with Crippen molar-refractivity contribution in [3.8, 4) is 0 Å². The molecule has 1 aromatic rings. The van der Waals surface area contributed by atoms with Crippen molar-refractivity contribution in [1.29, 1.82) is 0 Å². The van der Waals surface area contributed by atoms with Crippen LogP contribution in [0.25, 0.3) is 0 Å². The Labute approximate surface area is 177 Å². The van der Waals surface area contributed by atoms with Gasteiger partial charge in [-0.2, -0.15) is 4.31 Å². The number of sulfonamides is 1. The van der Waals surface area contributed by atoms with Gasteiger partial charge < -0.3 is 11.1 Å². The average molecular weight is 442 g/mol. The van der Waals surface area contributed by atoms with Gasteiger partial charge in [0.05, 0.1) is 5.02 Å². The lowest BCUT2D eigenvalue weighted by Gasteiger charge is -2.28. The van der Waals surface area contributed by atoms with Crippen LogP contribution in [-0.2, 0) is 14.8 Å². The number of primary amides is 1. The summed E-state index contributed by atoms with van der Waals surface area (Å²) < 4.78 is 27.7. The van der Waals surface area contributed by atoms with Crippen LogP contribution in [-0.4, -0.2) is 43.7 Å². The molecule has 2 aliphatic rings. The highest BCUT2D eigenvalue weighted by Crippen LogP contribution is 2.28. The molecule has 3 N–H and O–H groups in total. The Morgan fingerprint density at radius 1 is 1.07 bits per heavy atom. The van der Waals surface area contributed by atoms with Crippen LogP contribution in [0, 0.1) is 5.92 Å². The molecule has 0 radical (unpaired) electrons. The monoisotopic (exact) mass is 441 g/mol. The minimum absolute atomic E-state index is 0.0348. The van der Waals surface area contributed by atoms with Crippen molar-refractivity contribution < 1.29 is 18.0 Å². The Kier molecular flexibility index (Phi) is 7.19. The predicted molar refractivity (Wildman–Crippen MR) is 111 cm³/mol. The molecule has 2 atom stereocenters.